The Hall–Kier alpha value is -2.28. The molecule has 1 fully saturated rings. The van der Waals surface area contributed by atoms with E-state index in [9.17, 15) is 9.18 Å². The van der Waals surface area contributed by atoms with Gasteiger partial charge in [0, 0.05) is 25.2 Å². The molecule has 2 aromatic rings. The maximum absolute atomic E-state index is 13.1. The van der Waals surface area contributed by atoms with Crippen molar-refractivity contribution in [3.63, 3.8) is 0 Å². The van der Waals surface area contributed by atoms with Crippen LogP contribution < -0.4 is 0 Å². The van der Waals surface area contributed by atoms with Crippen molar-refractivity contribution in [2.24, 2.45) is 0 Å². The first-order chi connectivity index (χ1) is 11.3. The van der Waals surface area contributed by atoms with E-state index >= 15 is 0 Å². The predicted molar refractivity (Wildman–Crippen MR) is 88.7 cm³/mol. The number of hydrogen-bond donors (Lipinski definition) is 0. The smallest absolute Gasteiger partial charge is 0.293 e. The number of rotatable bonds is 2. The maximum atomic E-state index is 13.1. The number of piperazine rings is 1. The van der Waals surface area contributed by atoms with Crippen molar-refractivity contribution < 1.29 is 9.18 Å². The Bertz CT molecular complexity index is 753. The Balaban J connectivity index is 1.84. The van der Waals surface area contributed by atoms with E-state index in [4.69, 9.17) is 0 Å². The number of nitrogens with zero attached hydrogens (tertiary/aromatic N) is 5. The van der Waals surface area contributed by atoms with E-state index in [-0.39, 0.29) is 23.1 Å². The third-order valence-electron chi connectivity index (χ3n) is 4.64. The molecule has 6 nitrogen and oxygen atoms in total. The van der Waals surface area contributed by atoms with Crippen LogP contribution in [0.2, 0.25) is 0 Å². The van der Waals surface area contributed by atoms with Gasteiger partial charge in [-0.25, -0.2) is 14.1 Å². The van der Waals surface area contributed by atoms with Crippen LogP contribution in [0.4, 0.5) is 4.39 Å². The van der Waals surface area contributed by atoms with Crippen molar-refractivity contribution in [1.82, 2.24) is 24.6 Å². The van der Waals surface area contributed by atoms with Gasteiger partial charge < -0.3 is 4.90 Å². The summed E-state index contributed by atoms with van der Waals surface area (Å²) in [6, 6.07) is 5.95. The molecule has 1 aliphatic rings. The number of amides is 1. The van der Waals surface area contributed by atoms with E-state index in [1.54, 1.807) is 28.6 Å². The van der Waals surface area contributed by atoms with Crippen LogP contribution in [-0.2, 0) is 0 Å². The van der Waals surface area contributed by atoms with Crippen LogP contribution in [0.25, 0.3) is 5.69 Å². The average Bonchev–Trinajstić information content (AvgIpc) is 2.92. The molecule has 1 aliphatic heterocycles. The molecular formula is C17H22FN5O. The molecule has 3 rings (SSSR count). The number of hydrogen-bond acceptors (Lipinski definition) is 4. The summed E-state index contributed by atoms with van der Waals surface area (Å²) in [4.78, 5) is 21.1. The van der Waals surface area contributed by atoms with Crippen LogP contribution in [0.1, 0.15) is 30.3 Å². The molecule has 24 heavy (non-hydrogen) atoms. The third-order valence-corrected chi connectivity index (χ3v) is 4.64. The van der Waals surface area contributed by atoms with E-state index in [0.717, 1.165) is 6.54 Å². The third kappa shape index (κ3) is 3.03. The number of carbonyl (C=O) groups excluding carboxylic acids is 1. The van der Waals surface area contributed by atoms with Crippen LogP contribution in [0, 0.1) is 12.7 Å². The van der Waals surface area contributed by atoms with Crippen molar-refractivity contribution in [2.45, 2.75) is 26.3 Å². The SMILES string of the molecule is Cc1nc(C(=O)N2CCN(C)C(C)(C)C2)nn1-c1ccc(F)cc1. The lowest BCUT2D eigenvalue weighted by molar-refractivity contribution is 0.0303. The van der Waals surface area contributed by atoms with Crippen molar-refractivity contribution in [3.8, 4) is 5.69 Å². The lowest BCUT2D eigenvalue weighted by Gasteiger charge is -2.44. The second-order valence-corrected chi connectivity index (χ2v) is 6.83. The Labute approximate surface area is 140 Å². The topological polar surface area (TPSA) is 54.3 Å². The highest BCUT2D eigenvalue weighted by molar-refractivity contribution is 5.90. The number of carbonyl (C=O) groups is 1. The number of likely N-dealkylation sites (N-methyl/N-ethyl adjacent to an activating group) is 1. The average molecular weight is 331 g/mol. The Morgan fingerprint density at radius 2 is 1.88 bits per heavy atom. The van der Waals surface area contributed by atoms with Gasteiger partial charge in [0.15, 0.2) is 0 Å². The molecule has 1 aromatic carbocycles. The Morgan fingerprint density at radius 3 is 2.50 bits per heavy atom. The van der Waals surface area contributed by atoms with E-state index in [0.29, 0.717) is 24.6 Å². The lowest BCUT2D eigenvalue weighted by atomic mass is 10.00. The van der Waals surface area contributed by atoms with Gasteiger partial charge in [-0.2, -0.15) is 0 Å². The molecule has 0 spiro atoms. The molecule has 7 heteroatoms. The largest absolute Gasteiger partial charge is 0.333 e. The van der Waals surface area contributed by atoms with E-state index in [1.807, 2.05) is 0 Å². The summed E-state index contributed by atoms with van der Waals surface area (Å²) in [6.07, 6.45) is 0. The van der Waals surface area contributed by atoms with Gasteiger partial charge in [-0.3, -0.25) is 9.69 Å². The van der Waals surface area contributed by atoms with Crippen molar-refractivity contribution in [2.75, 3.05) is 26.7 Å². The number of benzene rings is 1. The highest BCUT2D eigenvalue weighted by Gasteiger charge is 2.34. The van der Waals surface area contributed by atoms with Gasteiger partial charge in [-0.05, 0) is 52.1 Å². The minimum atomic E-state index is -0.313. The van der Waals surface area contributed by atoms with Gasteiger partial charge >= 0.3 is 0 Å². The molecular weight excluding hydrogens is 309 g/mol. The summed E-state index contributed by atoms with van der Waals surface area (Å²) in [6.45, 7) is 8.11. The molecule has 128 valence electrons. The van der Waals surface area contributed by atoms with E-state index in [1.165, 1.54) is 12.1 Å². The quantitative estimate of drug-likeness (QED) is 0.843. The lowest BCUT2D eigenvalue weighted by Crippen LogP contribution is -2.59. The second kappa shape index (κ2) is 5.98. The summed E-state index contributed by atoms with van der Waals surface area (Å²) in [7, 11) is 2.06. The fraction of sp³-hybridized carbons (Fsp3) is 0.471. The van der Waals surface area contributed by atoms with Crippen molar-refractivity contribution >= 4 is 5.91 Å². The summed E-state index contributed by atoms with van der Waals surface area (Å²) in [5.74, 6) is 0.295. The van der Waals surface area contributed by atoms with Crippen LogP contribution in [0.3, 0.4) is 0 Å². The zero-order valence-corrected chi connectivity index (χ0v) is 14.5. The molecule has 0 saturated carbocycles. The fourth-order valence-corrected chi connectivity index (χ4v) is 2.86. The first kappa shape index (κ1) is 16.6. The normalized spacial score (nSPS) is 18.0. The molecule has 1 saturated heterocycles. The molecule has 0 N–H and O–H groups in total. The van der Waals surface area contributed by atoms with Gasteiger partial charge in [0.05, 0.1) is 5.69 Å². The van der Waals surface area contributed by atoms with Gasteiger partial charge in [-0.1, -0.05) is 0 Å². The van der Waals surface area contributed by atoms with Crippen LogP contribution in [0.5, 0.6) is 0 Å². The highest BCUT2D eigenvalue weighted by Crippen LogP contribution is 2.20. The first-order valence-electron chi connectivity index (χ1n) is 7.98. The molecule has 1 amide bonds. The van der Waals surface area contributed by atoms with Gasteiger partial charge in [0.1, 0.15) is 11.6 Å². The number of halogens is 1. The summed E-state index contributed by atoms with van der Waals surface area (Å²) >= 11 is 0. The summed E-state index contributed by atoms with van der Waals surface area (Å²) in [5, 5.41) is 4.33. The molecule has 0 bridgehead atoms. The van der Waals surface area contributed by atoms with Crippen molar-refractivity contribution in [3.05, 3.63) is 41.7 Å². The standard InChI is InChI=1S/C17H22FN5O/c1-12-19-15(20-23(12)14-7-5-13(18)6-8-14)16(24)22-10-9-21(4)17(2,3)11-22/h5-8H,9-11H2,1-4H3. The van der Waals surface area contributed by atoms with E-state index in [2.05, 4.69) is 35.9 Å². The molecule has 1 aromatic heterocycles. The Kier molecular flexibility index (Phi) is 4.13. The zero-order chi connectivity index (χ0) is 17.5. The summed E-state index contributed by atoms with van der Waals surface area (Å²) < 4.78 is 14.6. The van der Waals surface area contributed by atoms with Crippen LogP contribution >= 0.6 is 0 Å². The maximum Gasteiger partial charge on any atom is 0.293 e. The molecule has 0 unspecified atom stereocenters. The van der Waals surface area contributed by atoms with Crippen LogP contribution in [-0.4, -0.2) is 62.7 Å². The van der Waals surface area contributed by atoms with E-state index < -0.39 is 0 Å². The fourth-order valence-electron chi connectivity index (χ4n) is 2.86. The first-order valence-corrected chi connectivity index (χ1v) is 7.98. The molecule has 0 radical (unpaired) electrons. The Morgan fingerprint density at radius 1 is 1.21 bits per heavy atom. The highest BCUT2D eigenvalue weighted by atomic mass is 19.1. The number of aromatic nitrogens is 3. The monoisotopic (exact) mass is 331 g/mol. The number of aryl methyl sites for hydroxylation is 1. The minimum absolute atomic E-state index is 0.0809. The van der Waals surface area contributed by atoms with Crippen molar-refractivity contribution in [1.29, 1.82) is 0 Å². The second-order valence-electron chi connectivity index (χ2n) is 6.83. The molecule has 0 aliphatic carbocycles. The van der Waals surface area contributed by atoms with Gasteiger partial charge in [0.2, 0.25) is 5.82 Å². The molecule has 0 atom stereocenters. The van der Waals surface area contributed by atoms with Crippen LogP contribution in [0.15, 0.2) is 24.3 Å². The van der Waals surface area contributed by atoms with Gasteiger partial charge in [0.25, 0.3) is 5.91 Å². The predicted octanol–water partition coefficient (Wildman–Crippen LogP) is 1.88. The summed E-state index contributed by atoms with van der Waals surface area (Å²) in [5.41, 5.74) is 0.599. The van der Waals surface area contributed by atoms with Gasteiger partial charge in [-0.15, -0.1) is 5.10 Å². The minimum Gasteiger partial charge on any atom is -0.333 e. The zero-order valence-electron chi connectivity index (χ0n) is 14.5. The molecule has 2 heterocycles.